The fraction of sp³-hybridized carbons (Fsp3) is 0.320. The number of hydrogen-bond acceptors (Lipinski definition) is 6. The summed E-state index contributed by atoms with van der Waals surface area (Å²) < 4.78 is 3.84. The van der Waals surface area contributed by atoms with E-state index in [1.807, 2.05) is 48.5 Å². The lowest BCUT2D eigenvalue weighted by Gasteiger charge is -2.14. The molecule has 0 saturated heterocycles. The lowest BCUT2D eigenvalue weighted by molar-refractivity contribution is -0.113. The second kappa shape index (κ2) is 10.2. The van der Waals surface area contributed by atoms with Gasteiger partial charge >= 0.3 is 0 Å². The number of pyridine rings is 1. The Hall–Kier alpha value is -3.46. The summed E-state index contributed by atoms with van der Waals surface area (Å²) in [7, 11) is 0. The number of nitrogens with zero attached hydrogens (tertiary/aromatic N) is 6. The summed E-state index contributed by atoms with van der Waals surface area (Å²) in [6.45, 7) is 9.19. The number of benzene rings is 1. The fourth-order valence-electron chi connectivity index (χ4n) is 3.45. The molecule has 0 aliphatic carbocycles. The first-order chi connectivity index (χ1) is 16.4. The molecule has 8 nitrogen and oxygen atoms in total. The maximum atomic E-state index is 12.9. The molecule has 1 aromatic carbocycles. The van der Waals surface area contributed by atoms with E-state index in [0.29, 0.717) is 5.82 Å². The third kappa shape index (κ3) is 5.36. The number of hydrogen-bond donors (Lipinski definition) is 1. The highest BCUT2D eigenvalue weighted by atomic mass is 32.2. The average molecular weight is 476 g/mol. The monoisotopic (exact) mass is 475 g/mol. The first kappa shape index (κ1) is 23.7. The van der Waals surface area contributed by atoms with Gasteiger partial charge in [-0.15, -0.1) is 10.2 Å². The van der Waals surface area contributed by atoms with Crippen LogP contribution in [0.4, 0.5) is 5.82 Å². The van der Waals surface area contributed by atoms with Crippen LogP contribution in [-0.2, 0) is 16.8 Å². The minimum absolute atomic E-state index is 0.126. The molecular formula is C25H29N7OS. The number of aromatic nitrogens is 6. The average Bonchev–Trinajstić information content (AvgIpc) is 3.43. The molecule has 0 aliphatic rings. The zero-order valence-electron chi connectivity index (χ0n) is 19.9. The van der Waals surface area contributed by atoms with Crippen molar-refractivity contribution in [2.75, 3.05) is 11.1 Å². The van der Waals surface area contributed by atoms with E-state index in [1.54, 1.807) is 17.1 Å². The van der Waals surface area contributed by atoms with E-state index in [4.69, 9.17) is 5.10 Å². The van der Waals surface area contributed by atoms with Crippen LogP contribution in [0.5, 0.6) is 0 Å². The molecular weight excluding hydrogens is 446 g/mol. The smallest absolute Gasteiger partial charge is 0.236 e. The second-order valence-electron chi connectivity index (χ2n) is 8.94. The second-order valence-corrected chi connectivity index (χ2v) is 9.89. The van der Waals surface area contributed by atoms with Crippen molar-refractivity contribution in [2.45, 2.75) is 51.2 Å². The zero-order chi connectivity index (χ0) is 24.1. The van der Waals surface area contributed by atoms with Crippen LogP contribution in [0.15, 0.2) is 66.1 Å². The number of nitrogens with one attached hydrogen (secondary N) is 1. The van der Waals surface area contributed by atoms with Crippen LogP contribution < -0.4 is 5.32 Å². The van der Waals surface area contributed by atoms with Crippen LogP contribution in [0, 0.1) is 0 Å². The topological polar surface area (TPSA) is 90.5 Å². The summed E-state index contributed by atoms with van der Waals surface area (Å²) in [5.74, 6) is 1.51. The minimum Gasteiger partial charge on any atom is -0.310 e. The van der Waals surface area contributed by atoms with Crippen LogP contribution >= 0.6 is 11.8 Å². The van der Waals surface area contributed by atoms with Gasteiger partial charge < -0.3 is 9.88 Å². The standard InChI is InChI=1S/C25H29N7OS/c1-5-15-31-23(18-11-13-26-14-12-18)28-29-24(31)34-17-22(33)27-21-16-20(25(2,3)4)30-32(21)19-9-7-6-8-10-19/h6-14,16H,5,15,17H2,1-4H3,(H,27,33). The summed E-state index contributed by atoms with van der Waals surface area (Å²) in [5.41, 5.74) is 2.61. The Labute approximate surface area is 203 Å². The molecule has 34 heavy (non-hydrogen) atoms. The molecule has 0 aliphatic heterocycles. The van der Waals surface area contributed by atoms with Crippen molar-refractivity contribution in [2.24, 2.45) is 0 Å². The van der Waals surface area contributed by atoms with Gasteiger partial charge in [-0.2, -0.15) is 5.10 Å². The molecule has 4 aromatic rings. The molecule has 3 aromatic heterocycles. The van der Waals surface area contributed by atoms with E-state index in [9.17, 15) is 4.79 Å². The van der Waals surface area contributed by atoms with E-state index in [2.05, 4.69) is 52.8 Å². The summed E-state index contributed by atoms with van der Waals surface area (Å²) in [6.07, 6.45) is 4.41. The number of carbonyl (C=O) groups is 1. The molecule has 0 atom stereocenters. The Morgan fingerprint density at radius 3 is 2.47 bits per heavy atom. The van der Waals surface area contributed by atoms with E-state index in [1.165, 1.54) is 11.8 Å². The highest BCUT2D eigenvalue weighted by Gasteiger charge is 2.22. The van der Waals surface area contributed by atoms with Crippen LogP contribution in [0.1, 0.15) is 39.8 Å². The van der Waals surface area contributed by atoms with Crippen LogP contribution in [0.25, 0.3) is 17.1 Å². The highest BCUT2D eigenvalue weighted by Crippen LogP contribution is 2.27. The molecule has 176 valence electrons. The normalized spacial score (nSPS) is 11.5. The molecule has 9 heteroatoms. The van der Waals surface area contributed by atoms with Crippen molar-refractivity contribution in [3.05, 3.63) is 66.6 Å². The lowest BCUT2D eigenvalue weighted by Crippen LogP contribution is -2.17. The Balaban J connectivity index is 1.52. The molecule has 4 rings (SSSR count). The third-order valence-corrected chi connectivity index (χ3v) is 6.15. The molecule has 0 bridgehead atoms. The molecule has 0 saturated carbocycles. The summed E-state index contributed by atoms with van der Waals surface area (Å²) >= 11 is 1.38. The van der Waals surface area contributed by atoms with Crippen molar-refractivity contribution in [3.63, 3.8) is 0 Å². The lowest BCUT2D eigenvalue weighted by atomic mass is 9.92. The fourth-order valence-corrected chi connectivity index (χ4v) is 4.21. The molecule has 3 heterocycles. The van der Waals surface area contributed by atoms with Gasteiger partial charge in [0.05, 0.1) is 17.1 Å². The van der Waals surface area contributed by atoms with Gasteiger partial charge in [-0.1, -0.05) is 57.7 Å². The molecule has 0 spiro atoms. The van der Waals surface area contributed by atoms with Gasteiger partial charge in [-0.3, -0.25) is 9.78 Å². The predicted octanol–water partition coefficient (Wildman–Crippen LogP) is 4.96. The molecule has 1 amide bonds. The number of rotatable bonds is 8. The maximum Gasteiger partial charge on any atom is 0.236 e. The largest absolute Gasteiger partial charge is 0.310 e. The Morgan fingerprint density at radius 2 is 1.79 bits per heavy atom. The van der Waals surface area contributed by atoms with Gasteiger partial charge in [0.25, 0.3) is 0 Å². The zero-order valence-corrected chi connectivity index (χ0v) is 20.7. The summed E-state index contributed by atoms with van der Waals surface area (Å²) in [5, 5.41) is 17.2. The first-order valence-corrected chi connectivity index (χ1v) is 12.3. The van der Waals surface area contributed by atoms with E-state index in [-0.39, 0.29) is 17.1 Å². The number of carbonyl (C=O) groups excluding carboxylic acids is 1. The Morgan fingerprint density at radius 1 is 1.06 bits per heavy atom. The van der Waals surface area contributed by atoms with Gasteiger partial charge in [0.1, 0.15) is 5.82 Å². The SMILES string of the molecule is CCCn1c(SCC(=O)Nc2cc(C(C)(C)C)nn2-c2ccccc2)nnc1-c1ccncc1. The molecule has 0 radical (unpaired) electrons. The van der Waals surface area contributed by atoms with E-state index < -0.39 is 0 Å². The maximum absolute atomic E-state index is 12.9. The Kier molecular flexibility index (Phi) is 7.12. The molecule has 0 fully saturated rings. The third-order valence-electron chi connectivity index (χ3n) is 5.18. The van der Waals surface area contributed by atoms with Crippen molar-refractivity contribution in [1.29, 1.82) is 0 Å². The van der Waals surface area contributed by atoms with Gasteiger partial charge in [0, 0.05) is 36.0 Å². The van der Waals surface area contributed by atoms with Gasteiger partial charge in [0.2, 0.25) is 5.91 Å². The van der Waals surface area contributed by atoms with Gasteiger partial charge in [-0.25, -0.2) is 4.68 Å². The van der Waals surface area contributed by atoms with Crippen molar-refractivity contribution < 1.29 is 4.79 Å². The number of anilines is 1. The first-order valence-electron chi connectivity index (χ1n) is 11.3. The number of para-hydroxylation sites is 1. The number of amides is 1. The molecule has 1 N–H and O–H groups in total. The van der Waals surface area contributed by atoms with Crippen LogP contribution in [-0.4, -0.2) is 41.2 Å². The van der Waals surface area contributed by atoms with E-state index >= 15 is 0 Å². The van der Waals surface area contributed by atoms with Gasteiger partial charge in [0.15, 0.2) is 11.0 Å². The highest BCUT2D eigenvalue weighted by molar-refractivity contribution is 7.99. The minimum atomic E-state index is -0.145. The number of thioether (sulfide) groups is 1. The van der Waals surface area contributed by atoms with Crippen molar-refractivity contribution in [1.82, 2.24) is 29.5 Å². The van der Waals surface area contributed by atoms with E-state index in [0.717, 1.165) is 40.9 Å². The van der Waals surface area contributed by atoms with Crippen LogP contribution in [0.3, 0.4) is 0 Å². The summed E-state index contributed by atoms with van der Waals surface area (Å²) in [4.78, 5) is 17.0. The Bertz CT molecular complexity index is 1240. The quantitative estimate of drug-likeness (QED) is 0.362. The van der Waals surface area contributed by atoms with Gasteiger partial charge in [-0.05, 0) is 30.7 Å². The van der Waals surface area contributed by atoms with Crippen LogP contribution in [0.2, 0.25) is 0 Å². The summed E-state index contributed by atoms with van der Waals surface area (Å²) in [6, 6.07) is 15.6. The predicted molar refractivity (Wildman–Crippen MR) is 135 cm³/mol. The van der Waals surface area contributed by atoms with Crippen molar-refractivity contribution in [3.8, 4) is 17.1 Å². The van der Waals surface area contributed by atoms with Crippen molar-refractivity contribution >= 4 is 23.5 Å². The molecule has 0 unspecified atom stereocenters.